The van der Waals surface area contributed by atoms with E-state index in [4.69, 9.17) is 9.47 Å². The average Bonchev–Trinajstić information content (AvgIpc) is 3.40. The fourth-order valence-electron chi connectivity index (χ4n) is 5.56. The zero-order valence-corrected chi connectivity index (χ0v) is 23.9. The average molecular weight is 575 g/mol. The van der Waals surface area contributed by atoms with Gasteiger partial charge in [-0.15, -0.1) is 0 Å². The molecule has 1 saturated heterocycles. The number of aromatic amines is 1. The number of nitrogens with one attached hydrogen (secondary N) is 3. The molecule has 1 amide bonds. The lowest BCUT2D eigenvalue weighted by Gasteiger charge is -2.34. The molecular weight excluding hydrogens is 540 g/mol. The molecule has 1 aromatic heterocycles. The number of aromatic nitrogens is 2. The van der Waals surface area contributed by atoms with Crippen molar-refractivity contribution < 1.29 is 22.7 Å². The van der Waals surface area contributed by atoms with Gasteiger partial charge in [0.15, 0.2) is 12.6 Å². The minimum atomic E-state index is -3.75. The molecule has 3 N–H and O–H groups in total. The van der Waals surface area contributed by atoms with Gasteiger partial charge in [0, 0.05) is 23.1 Å². The molecule has 0 bridgehead atoms. The van der Waals surface area contributed by atoms with E-state index in [-0.39, 0.29) is 41.4 Å². The van der Waals surface area contributed by atoms with E-state index in [2.05, 4.69) is 20.0 Å². The van der Waals surface area contributed by atoms with Crippen molar-refractivity contribution in [2.75, 3.05) is 0 Å². The van der Waals surface area contributed by atoms with Gasteiger partial charge in [-0.1, -0.05) is 48.5 Å². The molecule has 2 fully saturated rings. The minimum absolute atomic E-state index is 0.0241. The predicted molar refractivity (Wildman–Crippen MR) is 155 cm³/mol. The molecule has 0 unspecified atom stereocenters. The van der Waals surface area contributed by atoms with Crippen molar-refractivity contribution in [1.82, 2.24) is 20.0 Å². The largest absolute Gasteiger partial charge is 0.349 e. The van der Waals surface area contributed by atoms with Crippen molar-refractivity contribution in [3.63, 3.8) is 0 Å². The monoisotopic (exact) mass is 574 g/mol. The summed E-state index contributed by atoms with van der Waals surface area (Å²) in [5.74, 6) is 0.539. The van der Waals surface area contributed by atoms with Crippen LogP contribution in [0.25, 0.3) is 22.4 Å². The van der Waals surface area contributed by atoms with E-state index in [0.29, 0.717) is 42.5 Å². The van der Waals surface area contributed by atoms with Crippen molar-refractivity contribution in [2.24, 2.45) is 5.92 Å². The smallest absolute Gasteiger partial charge is 0.240 e. The summed E-state index contributed by atoms with van der Waals surface area (Å²) in [6.07, 6.45) is 1.89. The van der Waals surface area contributed by atoms with E-state index in [9.17, 15) is 13.2 Å². The Morgan fingerprint density at radius 2 is 1.73 bits per heavy atom. The number of amides is 1. The van der Waals surface area contributed by atoms with Crippen LogP contribution in [0.5, 0.6) is 0 Å². The number of carbonyl (C=O) groups is 1. The van der Waals surface area contributed by atoms with Gasteiger partial charge in [0.25, 0.3) is 0 Å². The van der Waals surface area contributed by atoms with E-state index < -0.39 is 10.0 Å². The Morgan fingerprint density at radius 1 is 0.976 bits per heavy atom. The highest BCUT2D eigenvalue weighted by Crippen LogP contribution is 2.33. The summed E-state index contributed by atoms with van der Waals surface area (Å²) in [6, 6.07) is 22.2. The molecule has 2 heterocycles. The first kappa shape index (κ1) is 27.6. The number of carbonyl (C=O) groups excluding carboxylic acids is 1. The molecular formula is C31H34N4O5S. The van der Waals surface area contributed by atoms with E-state index >= 15 is 0 Å². The Kier molecular flexibility index (Phi) is 7.65. The summed E-state index contributed by atoms with van der Waals surface area (Å²) in [5, 5.41) is 3.10. The third-order valence-corrected chi connectivity index (χ3v) is 9.42. The second kappa shape index (κ2) is 11.4. The van der Waals surface area contributed by atoms with Crippen LogP contribution >= 0.6 is 0 Å². The molecule has 3 aromatic carbocycles. The number of hydrogen-bond acceptors (Lipinski definition) is 6. The third-order valence-electron chi connectivity index (χ3n) is 7.90. The molecule has 6 rings (SSSR count). The summed E-state index contributed by atoms with van der Waals surface area (Å²) >= 11 is 0. The molecule has 0 spiro atoms. The van der Waals surface area contributed by atoms with Crippen LogP contribution < -0.4 is 10.0 Å². The number of fused-ring (bicyclic) bond motifs is 1. The quantitative estimate of drug-likeness (QED) is 0.261. The number of sulfonamides is 1. The summed E-state index contributed by atoms with van der Waals surface area (Å²) in [4.78, 5) is 20.9. The summed E-state index contributed by atoms with van der Waals surface area (Å²) in [7, 11) is -3.75. The fraction of sp³-hybridized carbons (Fsp3) is 0.355. The Balaban J connectivity index is 1.08. The second-order valence-corrected chi connectivity index (χ2v) is 12.6. The standard InChI is InChI=1S/C31H34N4O5S/c1-19(21-7-4-3-5-8-21)32-30(36)22-11-13-25(14-12-22)35-41(37,38)26-15-16-27-28(18-26)34-29(33-27)23-9-6-10-24(17-23)31-39-20(2)40-31/h3-10,15-20,22,25,31,35H,11-14H2,1-2H3,(H,32,36)(H,33,34)/t19-,20?,22-,25-,31?/m1/s1. The van der Waals surface area contributed by atoms with Crippen LogP contribution in [-0.4, -0.2) is 36.6 Å². The molecule has 1 saturated carbocycles. The third kappa shape index (κ3) is 6.06. The molecule has 9 nitrogen and oxygen atoms in total. The molecule has 1 aliphatic carbocycles. The van der Waals surface area contributed by atoms with Crippen molar-refractivity contribution in [3.05, 3.63) is 83.9 Å². The first-order valence-electron chi connectivity index (χ1n) is 14.0. The Hall–Kier alpha value is -3.57. The number of hydrogen-bond donors (Lipinski definition) is 3. The van der Waals surface area contributed by atoms with Gasteiger partial charge in [-0.2, -0.15) is 0 Å². The van der Waals surface area contributed by atoms with Gasteiger partial charge in [0.2, 0.25) is 15.9 Å². The predicted octanol–water partition coefficient (Wildman–Crippen LogP) is 5.34. The van der Waals surface area contributed by atoms with Gasteiger partial charge >= 0.3 is 0 Å². The SMILES string of the molecule is CC1OC(c2cccc(-c3nc4ccc(S(=O)(=O)N[C@H]5CC[C@H](C(=O)N[C@H](C)c6ccccc6)CC5)cc4[nH]3)c2)O1. The van der Waals surface area contributed by atoms with Crippen LogP contribution in [0.4, 0.5) is 0 Å². The lowest BCUT2D eigenvalue weighted by atomic mass is 9.85. The van der Waals surface area contributed by atoms with Crippen molar-refractivity contribution in [2.45, 2.75) is 69.1 Å². The molecule has 41 heavy (non-hydrogen) atoms. The lowest BCUT2D eigenvalue weighted by Crippen LogP contribution is -2.41. The molecule has 214 valence electrons. The number of rotatable bonds is 8. The van der Waals surface area contributed by atoms with Gasteiger partial charge in [-0.05, 0) is 69.4 Å². The first-order chi connectivity index (χ1) is 19.7. The number of imidazole rings is 1. The van der Waals surface area contributed by atoms with E-state index in [0.717, 1.165) is 16.7 Å². The number of nitrogens with zero attached hydrogens (tertiary/aromatic N) is 1. The maximum atomic E-state index is 13.3. The molecule has 0 radical (unpaired) electrons. The Bertz CT molecular complexity index is 1640. The van der Waals surface area contributed by atoms with Crippen LogP contribution in [0.1, 0.15) is 63.0 Å². The van der Waals surface area contributed by atoms with Crippen LogP contribution in [-0.2, 0) is 24.3 Å². The van der Waals surface area contributed by atoms with E-state index in [1.807, 2.05) is 68.4 Å². The van der Waals surface area contributed by atoms with Crippen LogP contribution in [0.3, 0.4) is 0 Å². The zero-order valence-electron chi connectivity index (χ0n) is 23.0. The maximum Gasteiger partial charge on any atom is 0.240 e. The number of benzene rings is 3. The Morgan fingerprint density at radius 3 is 2.46 bits per heavy atom. The van der Waals surface area contributed by atoms with E-state index in [1.165, 1.54) is 0 Å². The highest BCUT2D eigenvalue weighted by atomic mass is 32.2. The second-order valence-electron chi connectivity index (χ2n) is 10.9. The highest BCUT2D eigenvalue weighted by molar-refractivity contribution is 7.89. The molecule has 2 aliphatic rings. The fourth-order valence-corrected chi connectivity index (χ4v) is 6.89. The Labute approximate surface area is 239 Å². The lowest BCUT2D eigenvalue weighted by molar-refractivity contribution is -0.382. The topological polar surface area (TPSA) is 122 Å². The van der Waals surface area contributed by atoms with Crippen LogP contribution in [0.2, 0.25) is 0 Å². The first-order valence-corrected chi connectivity index (χ1v) is 15.5. The summed E-state index contributed by atoms with van der Waals surface area (Å²) < 4.78 is 40.6. The van der Waals surface area contributed by atoms with Gasteiger partial charge in [0.1, 0.15) is 5.82 Å². The van der Waals surface area contributed by atoms with Gasteiger partial charge < -0.3 is 19.8 Å². The number of ether oxygens (including phenoxy) is 2. The van der Waals surface area contributed by atoms with Crippen molar-refractivity contribution in [3.8, 4) is 11.4 Å². The minimum Gasteiger partial charge on any atom is -0.349 e. The van der Waals surface area contributed by atoms with Crippen LogP contribution in [0.15, 0.2) is 77.7 Å². The summed E-state index contributed by atoms with van der Waals surface area (Å²) in [6.45, 7) is 3.82. The normalized spacial score (nSPS) is 23.6. The highest BCUT2D eigenvalue weighted by Gasteiger charge is 2.30. The molecule has 1 atom stereocenters. The molecule has 10 heteroatoms. The van der Waals surface area contributed by atoms with Crippen LogP contribution in [0, 0.1) is 5.92 Å². The van der Waals surface area contributed by atoms with Gasteiger partial charge in [0.05, 0.1) is 22.0 Å². The van der Waals surface area contributed by atoms with E-state index in [1.54, 1.807) is 18.2 Å². The molecule has 1 aliphatic heterocycles. The summed E-state index contributed by atoms with van der Waals surface area (Å²) in [5.41, 5.74) is 4.11. The van der Waals surface area contributed by atoms with Crippen molar-refractivity contribution in [1.29, 1.82) is 0 Å². The van der Waals surface area contributed by atoms with Gasteiger partial charge in [-0.3, -0.25) is 4.79 Å². The zero-order chi connectivity index (χ0) is 28.6. The van der Waals surface area contributed by atoms with Crippen molar-refractivity contribution >= 4 is 27.0 Å². The number of H-pyrrole nitrogens is 1. The molecule has 4 aromatic rings. The maximum absolute atomic E-state index is 13.3. The van der Waals surface area contributed by atoms with Gasteiger partial charge in [-0.25, -0.2) is 18.1 Å².